The number of amides is 3. The van der Waals surface area contributed by atoms with Gasteiger partial charge in [0.25, 0.3) is 11.5 Å². The predicted molar refractivity (Wildman–Crippen MR) is 89.0 cm³/mol. The molecular formula is C17H18N4O3. The molecule has 0 spiro atoms. The minimum Gasteiger partial charge on any atom is -0.303 e. The molecule has 0 radical (unpaired) electrons. The molecule has 1 aromatic carbocycles. The van der Waals surface area contributed by atoms with Gasteiger partial charge < -0.3 is 5.32 Å². The average molecular weight is 326 g/mol. The minimum absolute atomic E-state index is 0.104. The fourth-order valence-electron chi connectivity index (χ4n) is 2.73. The van der Waals surface area contributed by atoms with Crippen LogP contribution in [0.1, 0.15) is 22.4 Å². The first kappa shape index (κ1) is 15.8. The van der Waals surface area contributed by atoms with Crippen LogP contribution < -0.4 is 10.9 Å². The van der Waals surface area contributed by atoms with Gasteiger partial charge in [-0.15, -0.1) is 0 Å². The van der Waals surface area contributed by atoms with Crippen molar-refractivity contribution in [1.82, 2.24) is 20.0 Å². The summed E-state index contributed by atoms with van der Waals surface area (Å²) in [4.78, 5) is 37.8. The number of imide groups is 1. The van der Waals surface area contributed by atoms with Gasteiger partial charge in [-0.25, -0.2) is 4.79 Å². The van der Waals surface area contributed by atoms with Crippen LogP contribution in [0.2, 0.25) is 0 Å². The van der Waals surface area contributed by atoms with Gasteiger partial charge in [0.1, 0.15) is 5.70 Å². The van der Waals surface area contributed by atoms with Crippen LogP contribution in [0.5, 0.6) is 0 Å². The van der Waals surface area contributed by atoms with E-state index >= 15 is 0 Å². The number of carbonyl (C=O) groups excluding carboxylic acids is 2. The van der Waals surface area contributed by atoms with E-state index in [0.29, 0.717) is 11.3 Å². The van der Waals surface area contributed by atoms with Crippen LogP contribution >= 0.6 is 0 Å². The molecule has 1 aromatic heterocycles. The molecule has 1 saturated heterocycles. The number of benzene rings is 1. The number of nitrogens with zero attached hydrogens (tertiary/aromatic N) is 2. The highest BCUT2D eigenvalue weighted by Crippen LogP contribution is 2.17. The lowest BCUT2D eigenvalue weighted by Crippen LogP contribution is -2.30. The van der Waals surface area contributed by atoms with E-state index in [4.69, 9.17) is 0 Å². The summed E-state index contributed by atoms with van der Waals surface area (Å²) in [6.07, 6.45) is 1.42. The predicted octanol–water partition coefficient (Wildman–Crippen LogP) is 1.42. The first-order valence-corrected chi connectivity index (χ1v) is 7.52. The number of hydrogen-bond donors (Lipinski definition) is 2. The summed E-state index contributed by atoms with van der Waals surface area (Å²) in [5.74, 6) is -0.441. The molecule has 2 aromatic rings. The van der Waals surface area contributed by atoms with Crippen molar-refractivity contribution < 1.29 is 9.59 Å². The molecule has 0 bridgehead atoms. The van der Waals surface area contributed by atoms with E-state index in [9.17, 15) is 14.4 Å². The van der Waals surface area contributed by atoms with Crippen molar-refractivity contribution >= 4 is 18.0 Å². The molecule has 1 fully saturated rings. The molecule has 0 atom stereocenters. The Morgan fingerprint density at radius 1 is 1.17 bits per heavy atom. The summed E-state index contributed by atoms with van der Waals surface area (Å²) in [6, 6.07) is 7.13. The Labute approximate surface area is 138 Å². The van der Waals surface area contributed by atoms with Gasteiger partial charge in [0.05, 0.1) is 12.1 Å². The van der Waals surface area contributed by atoms with E-state index in [0.717, 1.165) is 16.0 Å². The summed E-state index contributed by atoms with van der Waals surface area (Å²) in [6.45, 7) is 3.87. The van der Waals surface area contributed by atoms with E-state index in [1.165, 1.54) is 10.8 Å². The highest BCUT2D eigenvalue weighted by atomic mass is 16.2. The molecule has 1 aliphatic rings. The largest absolute Gasteiger partial charge is 0.329 e. The number of aromatic amines is 1. The maximum absolute atomic E-state index is 12.5. The number of hydrogen-bond acceptors (Lipinski definition) is 3. The number of aryl methyl sites for hydroxylation is 3. The number of urea groups is 1. The second-order valence-electron chi connectivity index (χ2n) is 5.88. The van der Waals surface area contributed by atoms with Crippen LogP contribution in [0.25, 0.3) is 6.08 Å². The Bertz CT molecular complexity index is 920. The first-order chi connectivity index (χ1) is 11.4. The molecule has 7 nitrogen and oxygen atoms in total. The van der Waals surface area contributed by atoms with Gasteiger partial charge in [-0.2, -0.15) is 0 Å². The Kier molecular flexibility index (Phi) is 3.84. The molecular weight excluding hydrogens is 308 g/mol. The third-order valence-electron chi connectivity index (χ3n) is 3.95. The zero-order valence-corrected chi connectivity index (χ0v) is 13.7. The SMILES string of the molecule is Cc1cccc(CN2C(=O)NC(=Cc3c(C)[nH]n(C)c3=O)C2=O)c1. The van der Waals surface area contributed by atoms with E-state index in [2.05, 4.69) is 10.4 Å². The molecule has 0 aliphatic carbocycles. The first-order valence-electron chi connectivity index (χ1n) is 7.52. The topological polar surface area (TPSA) is 87.2 Å². The lowest BCUT2D eigenvalue weighted by molar-refractivity contribution is -0.123. The van der Waals surface area contributed by atoms with Gasteiger partial charge in [-0.05, 0) is 25.5 Å². The van der Waals surface area contributed by atoms with E-state index in [-0.39, 0.29) is 17.8 Å². The summed E-state index contributed by atoms with van der Waals surface area (Å²) < 4.78 is 1.33. The van der Waals surface area contributed by atoms with Gasteiger partial charge >= 0.3 is 6.03 Å². The Balaban J connectivity index is 1.89. The van der Waals surface area contributed by atoms with Crippen molar-refractivity contribution in [1.29, 1.82) is 0 Å². The summed E-state index contributed by atoms with van der Waals surface area (Å²) >= 11 is 0. The summed E-state index contributed by atoms with van der Waals surface area (Å²) in [7, 11) is 1.59. The van der Waals surface area contributed by atoms with Crippen molar-refractivity contribution in [3.8, 4) is 0 Å². The zero-order chi connectivity index (χ0) is 17.4. The molecule has 0 unspecified atom stereocenters. The Hall–Kier alpha value is -3.09. The van der Waals surface area contributed by atoms with Crippen LogP contribution in [-0.4, -0.2) is 26.6 Å². The number of H-pyrrole nitrogens is 1. The Morgan fingerprint density at radius 3 is 2.54 bits per heavy atom. The van der Waals surface area contributed by atoms with E-state index in [1.807, 2.05) is 31.2 Å². The molecule has 1 aliphatic heterocycles. The van der Waals surface area contributed by atoms with Crippen molar-refractivity contribution in [3.05, 3.63) is 62.7 Å². The van der Waals surface area contributed by atoms with Crippen LogP contribution in [-0.2, 0) is 18.4 Å². The number of carbonyl (C=O) groups is 2. The monoisotopic (exact) mass is 326 g/mol. The maximum Gasteiger partial charge on any atom is 0.329 e. The van der Waals surface area contributed by atoms with Gasteiger partial charge in [0.2, 0.25) is 0 Å². The zero-order valence-electron chi connectivity index (χ0n) is 13.7. The van der Waals surface area contributed by atoms with Crippen molar-refractivity contribution in [2.75, 3.05) is 0 Å². The van der Waals surface area contributed by atoms with E-state index < -0.39 is 11.9 Å². The summed E-state index contributed by atoms with van der Waals surface area (Å²) in [5, 5.41) is 5.39. The quantitative estimate of drug-likeness (QED) is 0.660. The van der Waals surface area contributed by atoms with Crippen LogP contribution in [0.3, 0.4) is 0 Å². The number of aromatic nitrogens is 2. The molecule has 2 heterocycles. The highest BCUT2D eigenvalue weighted by molar-refractivity contribution is 6.13. The van der Waals surface area contributed by atoms with Crippen LogP contribution in [0.4, 0.5) is 4.79 Å². The third-order valence-corrected chi connectivity index (χ3v) is 3.95. The van der Waals surface area contributed by atoms with Gasteiger partial charge in [0.15, 0.2) is 0 Å². The van der Waals surface area contributed by atoms with Crippen molar-refractivity contribution in [2.45, 2.75) is 20.4 Å². The standard InChI is InChI=1S/C17H18N4O3/c1-10-5-4-6-12(7-10)9-21-16(23)14(18-17(21)24)8-13-11(2)19-20(3)15(13)22/h4-8,19H,9H2,1-3H3,(H,18,24). The lowest BCUT2D eigenvalue weighted by atomic mass is 10.1. The lowest BCUT2D eigenvalue weighted by Gasteiger charge is -2.12. The van der Waals surface area contributed by atoms with Gasteiger partial charge in [-0.1, -0.05) is 29.8 Å². The molecule has 0 saturated carbocycles. The van der Waals surface area contributed by atoms with Crippen molar-refractivity contribution in [2.24, 2.45) is 7.05 Å². The molecule has 7 heteroatoms. The van der Waals surface area contributed by atoms with Gasteiger partial charge in [-0.3, -0.25) is 24.3 Å². The fraction of sp³-hybridized carbons (Fsp3) is 0.235. The normalized spacial score (nSPS) is 16.1. The molecule has 24 heavy (non-hydrogen) atoms. The van der Waals surface area contributed by atoms with Gasteiger partial charge in [0, 0.05) is 12.7 Å². The second-order valence-corrected chi connectivity index (χ2v) is 5.88. The minimum atomic E-state index is -0.488. The molecule has 3 rings (SSSR count). The van der Waals surface area contributed by atoms with E-state index in [1.54, 1.807) is 14.0 Å². The molecule has 3 amide bonds. The number of rotatable bonds is 3. The fourth-order valence-corrected chi connectivity index (χ4v) is 2.73. The average Bonchev–Trinajstić information content (AvgIpc) is 2.92. The summed E-state index contributed by atoms with van der Waals surface area (Å²) in [5.41, 5.74) is 2.77. The van der Waals surface area contributed by atoms with Crippen molar-refractivity contribution in [3.63, 3.8) is 0 Å². The highest BCUT2D eigenvalue weighted by Gasteiger charge is 2.33. The second kappa shape index (κ2) is 5.84. The number of nitrogens with one attached hydrogen (secondary N) is 2. The van der Waals surface area contributed by atoms with Crippen LogP contribution in [0, 0.1) is 13.8 Å². The molecule has 2 N–H and O–H groups in total. The molecule has 124 valence electrons. The Morgan fingerprint density at radius 2 is 1.92 bits per heavy atom. The smallest absolute Gasteiger partial charge is 0.303 e. The maximum atomic E-state index is 12.5. The third kappa shape index (κ3) is 2.76. The van der Waals surface area contributed by atoms with Crippen LogP contribution in [0.15, 0.2) is 34.8 Å².